The van der Waals surface area contributed by atoms with Crippen LogP contribution in [0.1, 0.15) is 6.42 Å². The fourth-order valence-electron chi connectivity index (χ4n) is 1.17. The molecule has 1 rings (SSSR count). The van der Waals surface area contributed by atoms with Crippen molar-refractivity contribution in [2.24, 2.45) is 0 Å². The van der Waals surface area contributed by atoms with Gasteiger partial charge in [-0.15, -0.1) is 0 Å². The van der Waals surface area contributed by atoms with E-state index in [0.29, 0.717) is 15.0 Å². The minimum atomic E-state index is -0.941. The van der Waals surface area contributed by atoms with Crippen molar-refractivity contribution in [3.63, 3.8) is 0 Å². The second kappa shape index (κ2) is 8.03. The average molecular weight is 299 g/mol. The SMILES string of the molecule is [B]P(C)O[C@@H](C=O)CC[Se]c1ccccc1. The molecule has 1 aromatic rings. The van der Waals surface area contributed by atoms with Crippen LogP contribution in [0.25, 0.3) is 0 Å². The summed E-state index contributed by atoms with van der Waals surface area (Å²) in [6, 6.07) is 10.3. The van der Waals surface area contributed by atoms with Gasteiger partial charge in [-0.05, 0) is 0 Å². The van der Waals surface area contributed by atoms with Gasteiger partial charge in [-0.25, -0.2) is 0 Å². The van der Waals surface area contributed by atoms with Crippen LogP contribution in [-0.4, -0.2) is 41.6 Å². The van der Waals surface area contributed by atoms with Gasteiger partial charge in [-0.3, -0.25) is 0 Å². The fraction of sp³-hybridized carbons (Fsp3) is 0.364. The molecule has 0 saturated heterocycles. The van der Waals surface area contributed by atoms with E-state index in [1.807, 2.05) is 18.2 Å². The molecule has 0 saturated carbocycles. The number of rotatable bonds is 7. The van der Waals surface area contributed by atoms with Crippen molar-refractivity contribution in [3.05, 3.63) is 30.3 Å². The summed E-state index contributed by atoms with van der Waals surface area (Å²) in [7, 11) is 4.60. The van der Waals surface area contributed by atoms with Gasteiger partial charge in [0.2, 0.25) is 0 Å². The summed E-state index contributed by atoms with van der Waals surface area (Å²) in [4.78, 5) is 10.7. The van der Waals surface area contributed by atoms with Crippen LogP contribution in [0.4, 0.5) is 0 Å². The molecule has 1 aromatic carbocycles. The van der Waals surface area contributed by atoms with E-state index in [2.05, 4.69) is 12.1 Å². The second-order valence-corrected chi connectivity index (χ2v) is 7.03. The summed E-state index contributed by atoms with van der Waals surface area (Å²) < 4.78 is 6.67. The Kier molecular flexibility index (Phi) is 6.99. The Labute approximate surface area is 106 Å². The first kappa shape index (κ1) is 13.9. The van der Waals surface area contributed by atoms with Crippen molar-refractivity contribution in [1.82, 2.24) is 0 Å². The van der Waals surface area contributed by atoms with Crippen molar-refractivity contribution in [1.29, 1.82) is 0 Å². The Bertz CT molecular complexity index is 308. The van der Waals surface area contributed by atoms with E-state index in [0.717, 1.165) is 18.0 Å². The molecule has 5 heteroatoms. The molecule has 0 aliphatic rings. The van der Waals surface area contributed by atoms with Gasteiger partial charge >= 0.3 is 105 Å². The van der Waals surface area contributed by atoms with Gasteiger partial charge in [0, 0.05) is 0 Å². The Morgan fingerprint density at radius 1 is 1.50 bits per heavy atom. The Morgan fingerprint density at radius 3 is 2.75 bits per heavy atom. The third-order valence-electron chi connectivity index (χ3n) is 1.87. The van der Waals surface area contributed by atoms with Crippen LogP contribution >= 0.6 is 8.03 Å². The normalized spacial score (nSPS) is 14.3. The van der Waals surface area contributed by atoms with Crippen molar-refractivity contribution < 1.29 is 9.32 Å². The van der Waals surface area contributed by atoms with Gasteiger partial charge in [0.05, 0.1) is 0 Å². The molecular weight excluding hydrogens is 285 g/mol. The van der Waals surface area contributed by atoms with Gasteiger partial charge in [0.1, 0.15) is 0 Å². The number of hydrogen-bond acceptors (Lipinski definition) is 2. The summed E-state index contributed by atoms with van der Waals surface area (Å²) in [5.74, 6) is 0. The van der Waals surface area contributed by atoms with Crippen LogP contribution in [0.2, 0.25) is 5.32 Å². The number of carbonyl (C=O) groups is 1. The van der Waals surface area contributed by atoms with Crippen molar-refractivity contribution in [2.75, 3.05) is 6.66 Å². The van der Waals surface area contributed by atoms with E-state index < -0.39 is 8.03 Å². The topological polar surface area (TPSA) is 26.3 Å². The molecule has 2 radical (unpaired) electrons. The summed E-state index contributed by atoms with van der Waals surface area (Å²) in [6.07, 6.45) is 1.29. The monoisotopic (exact) mass is 300 g/mol. The first-order valence-corrected chi connectivity index (χ1v) is 8.85. The third kappa shape index (κ3) is 5.81. The van der Waals surface area contributed by atoms with Crippen LogP contribution in [-0.2, 0) is 9.32 Å². The van der Waals surface area contributed by atoms with Crippen molar-refractivity contribution in [3.8, 4) is 0 Å². The first-order valence-electron chi connectivity index (χ1n) is 5.00. The Balaban J connectivity index is 2.26. The number of carbonyl (C=O) groups excluding carboxylic acids is 1. The predicted octanol–water partition coefficient (Wildman–Crippen LogP) is 1.52. The average Bonchev–Trinajstić information content (AvgIpc) is 2.28. The zero-order chi connectivity index (χ0) is 11.8. The Hall–Kier alpha value is -0.136. The van der Waals surface area contributed by atoms with E-state index in [1.54, 1.807) is 6.66 Å². The zero-order valence-corrected chi connectivity index (χ0v) is 11.8. The molecule has 0 aliphatic heterocycles. The summed E-state index contributed by atoms with van der Waals surface area (Å²) >= 11 is 0.414. The Morgan fingerprint density at radius 2 is 2.19 bits per heavy atom. The van der Waals surface area contributed by atoms with Crippen LogP contribution in [0.15, 0.2) is 30.3 Å². The molecule has 0 bridgehead atoms. The molecule has 0 spiro atoms. The van der Waals surface area contributed by atoms with Crippen LogP contribution in [0.3, 0.4) is 0 Å². The summed E-state index contributed by atoms with van der Waals surface area (Å²) in [5.41, 5.74) is 0. The molecule has 2 atom stereocenters. The molecule has 84 valence electrons. The molecule has 2 nitrogen and oxygen atoms in total. The molecule has 0 aliphatic carbocycles. The van der Waals surface area contributed by atoms with Crippen molar-refractivity contribution in [2.45, 2.75) is 17.8 Å². The van der Waals surface area contributed by atoms with Crippen LogP contribution in [0, 0.1) is 0 Å². The molecule has 0 amide bonds. The fourth-order valence-corrected chi connectivity index (χ4v) is 3.71. The van der Waals surface area contributed by atoms with Crippen LogP contribution in [0.5, 0.6) is 0 Å². The standard InChI is InChI=1S/C11H14BO2PSe/c1-15(12)14-10(9-13)7-8-16-11-5-3-2-4-6-11/h2-6,9-10H,7-8H2,1H3/t10-,15?/m1/s1. The number of aldehydes is 1. The van der Waals surface area contributed by atoms with E-state index in [-0.39, 0.29) is 6.10 Å². The quantitative estimate of drug-likeness (QED) is 0.433. The van der Waals surface area contributed by atoms with Gasteiger partial charge in [-0.2, -0.15) is 0 Å². The number of benzene rings is 1. The summed E-state index contributed by atoms with van der Waals surface area (Å²) in [6.45, 7) is 1.80. The van der Waals surface area contributed by atoms with Gasteiger partial charge in [0.15, 0.2) is 0 Å². The molecule has 1 unspecified atom stereocenters. The number of hydrogen-bond donors (Lipinski definition) is 0. The second-order valence-electron chi connectivity index (χ2n) is 3.28. The molecule has 0 fully saturated rings. The van der Waals surface area contributed by atoms with Crippen LogP contribution < -0.4 is 4.46 Å². The molecule has 16 heavy (non-hydrogen) atoms. The van der Waals surface area contributed by atoms with E-state index >= 15 is 0 Å². The van der Waals surface area contributed by atoms with Gasteiger partial charge < -0.3 is 0 Å². The van der Waals surface area contributed by atoms with Gasteiger partial charge in [0.25, 0.3) is 0 Å². The van der Waals surface area contributed by atoms with Crippen molar-refractivity contribution >= 4 is 41.3 Å². The zero-order valence-electron chi connectivity index (χ0n) is 9.20. The minimum absolute atomic E-state index is 0.327. The maximum atomic E-state index is 10.7. The third-order valence-corrected chi connectivity index (χ3v) is 4.66. The predicted molar refractivity (Wildman–Crippen MR) is 70.8 cm³/mol. The molecule has 0 heterocycles. The molecule has 0 aromatic heterocycles. The maximum absolute atomic E-state index is 10.7. The summed E-state index contributed by atoms with van der Waals surface area (Å²) in [5, 5.41) is 1.00. The van der Waals surface area contributed by atoms with E-state index in [9.17, 15) is 4.79 Å². The molecule has 0 N–H and O–H groups in total. The van der Waals surface area contributed by atoms with Gasteiger partial charge in [-0.1, -0.05) is 0 Å². The first-order chi connectivity index (χ1) is 7.72. The van der Waals surface area contributed by atoms with E-state index in [1.165, 1.54) is 4.46 Å². The van der Waals surface area contributed by atoms with E-state index in [4.69, 9.17) is 12.1 Å². The molecular formula is C11H14BO2PSe.